The predicted molar refractivity (Wildman–Crippen MR) is 63.1 cm³/mol. The Labute approximate surface area is 105 Å². The standard InChI is InChI=1S/C13H18F3NO/c1-5-18-12(11(2,3)4,13(14,15)16)10-8-6-7-9-17-10/h6-9H,5H2,1-4H3. The fourth-order valence-electron chi connectivity index (χ4n) is 2.11. The monoisotopic (exact) mass is 261 g/mol. The second kappa shape index (κ2) is 4.88. The van der Waals surface area contributed by atoms with Gasteiger partial charge >= 0.3 is 6.18 Å². The summed E-state index contributed by atoms with van der Waals surface area (Å²) >= 11 is 0. The van der Waals surface area contributed by atoms with Crippen LogP contribution in [-0.4, -0.2) is 17.8 Å². The third kappa shape index (κ3) is 2.36. The van der Waals surface area contributed by atoms with Crippen molar-refractivity contribution in [2.75, 3.05) is 6.61 Å². The molecule has 1 heterocycles. The highest BCUT2D eigenvalue weighted by molar-refractivity contribution is 5.20. The number of alkyl halides is 3. The van der Waals surface area contributed by atoms with Gasteiger partial charge < -0.3 is 4.74 Å². The number of ether oxygens (including phenoxy) is 1. The minimum absolute atomic E-state index is 0.0344. The molecule has 0 saturated carbocycles. The van der Waals surface area contributed by atoms with Crippen LogP contribution in [0, 0.1) is 5.41 Å². The lowest BCUT2D eigenvalue weighted by Crippen LogP contribution is -2.54. The van der Waals surface area contributed by atoms with E-state index in [0.29, 0.717) is 0 Å². The Morgan fingerprint density at radius 2 is 1.78 bits per heavy atom. The van der Waals surface area contributed by atoms with E-state index in [1.54, 1.807) is 13.0 Å². The summed E-state index contributed by atoms with van der Waals surface area (Å²) in [5.74, 6) is 0. The third-order valence-electron chi connectivity index (χ3n) is 2.84. The summed E-state index contributed by atoms with van der Waals surface area (Å²) in [5, 5.41) is 0. The second-order valence-corrected chi connectivity index (χ2v) is 5.08. The number of aromatic nitrogens is 1. The van der Waals surface area contributed by atoms with Crippen LogP contribution in [0.1, 0.15) is 33.4 Å². The van der Waals surface area contributed by atoms with Gasteiger partial charge in [0.1, 0.15) is 0 Å². The largest absolute Gasteiger partial charge is 0.423 e. The molecule has 1 aromatic heterocycles. The van der Waals surface area contributed by atoms with E-state index in [1.807, 2.05) is 0 Å². The SMILES string of the molecule is CCOC(c1ccccn1)(C(C)(C)C)C(F)(F)F. The highest BCUT2D eigenvalue weighted by atomic mass is 19.4. The molecule has 0 aromatic carbocycles. The van der Waals surface area contributed by atoms with E-state index in [0.717, 1.165) is 0 Å². The van der Waals surface area contributed by atoms with Crippen LogP contribution in [-0.2, 0) is 10.3 Å². The van der Waals surface area contributed by atoms with Crippen LogP contribution in [0.5, 0.6) is 0 Å². The quantitative estimate of drug-likeness (QED) is 0.822. The van der Waals surface area contributed by atoms with Crippen molar-refractivity contribution in [1.82, 2.24) is 4.98 Å². The summed E-state index contributed by atoms with van der Waals surface area (Å²) in [6.07, 6.45) is -3.18. The normalized spacial score (nSPS) is 16.4. The van der Waals surface area contributed by atoms with Crippen LogP contribution >= 0.6 is 0 Å². The topological polar surface area (TPSA) is 22.1 Å². The molecule has 18 heavy (non-hydrogen) atoms. The molecule has 1 unspecified atom stereocenters. The average molecular weight is 261 g/mol. The van der Waals surface area contributed by atoms with E-state index < -0.39 is 17.2 Å². The van der Waals surface area contributed by atoms with Gasteiger partial charge in [0.25, 0.3) is 0 Å². The number of nitrogens with zero attached hydrogens (tertiary/aromatic N) is 1. The minimum atomic E-state index is -4.53. The van der Waals surface area contributed by atoms with Gasteiger partial charge in [0.2, 0.25) is 5.60 Å². The Hall–Kier alpha value is -1.10. The fraction of sp³-hybridized carbons (Fsp3) is 0.615. The van der Waals surface area contributed by atoms with Crippen LogP contribution in [0.4, 0.5) is 13.2 Å². The van der Waals surface area contributed by atoms with Crippen LogP contribution < -0.4 is 0 Å². The summed E-state index contributed by atoms with van der Waals surface area (Å²) in [7, 11) is 0. The van der Waals surface area contributed by atoms with Gasteiger partial charge in [-0.15, -0.1) is 0 Å². The molecule has 0 N–H and O–H groups in total. The Morgan fingerprint density at radius 1 is 1.17 bits per heavy atom. The molecule has 1 rings (SSSR count). The summed E-state index contributed by atoms with van der Waals surface area (Å²) in [6, 6.07) is 4.47. The van der Waals surface area contributed by atoms with Crippen molar-refractivity contribution >= 4 is 0 Å². The van der Waals surface area contributed by atoms with Crippen LogP contribution in [0.3, 0.4) is 0 Å². The van der Waals surface area contributed by atoms with E-state index in [4.69, 9.17) is 4.74 Å². The Bertz CT molecular complexity index is 367. The van der Waals surface area contributed by atoms with Crippen molar-refractivity contribution in [2.24, 2.45) is 5.41 Å². The summed E-state index contributed by atoms with van der Waals surface area (Å²) in [6.45, 7) is 6.03. The molecule has 1 aromatic rings. The molecule has 0 radical (unpaired) electrons. The third-order valence-corrected chi connectivity index (χ3v) is 2.84. The lowest BCUT2D eigenvalue weighted by atomic mass is 9.73. The number of hydrogen-bond donors (Lipinski definition) is 0. The molecular weight excluding hydrogens is 243 g/mol. The molecule has 0 spiro atoms. The Morgan fingerprint density at radius 3 is 2.11 bits per heavy atom. The van der Waals surface area contributed by atoms with Crippen LogP contribution in [0.15, 0.2) is 24.4 Å². The zero-order valence-corrected chi connectivity index (χ0v) is 11.0. The van der Waals surface area contributed by atoms with Gasteiger partial charge in [0, 0.05) is 18.2 Å². The molecule has 0 aliphatic rings. The average Bonchev–Trinajstić information content (AvgIpc) is 2.23. The van der Waals surface area contributed by atoms with Gasteiger partial charge in [0.05, 0.1) is 5.69 Å². The second-order valence-electron chi connectivity index (χ2n) is 5.08. The first-order valence-corrected chi connectivity index (χ1v) is 5.79. The Balaban J connectivity index is 3.50. The van der Waals surface area contributed by atoms with Crippen LogP contribution in [0.25, 0.3) is 0 Å². The molecule has 0 aliphatic heterocycles. The van der Waals surface area contributed by atoms with Gasteiger partial charge in [-0.25, -0.2) is 0 Å². The van der Waals surface area contributed by atoms with Crippen molar-refractivity contribution in [1.29, 1.82) is 0 Å². The lowest BCUT2D eigenvalue weighted by molar-refractivity contribution is -0.320. The summed E-state index contributed by atoms with van der Waals surface area (Å²) in [4.78, 5) is 3.86. The van der Waals surface area contributed by atoms with Gasteiger partial charge in [-0.2, -0.15) is 13.2 Å². The van der Waals surface area contributed by atoms with Crippen molar-refractivity contribution in [2.45, 2.75) is 39.5 Å². The number of halogens is 3. The first-order valence-electron chi connectivity index (χ1n) is 5.79. The molecule has 2 nitrogen and oxygen atoms in total. The van der Waals surface area contributed by atoms with E-state index in [-0.39, 0.29) is 12.3 Å². The van der Waals surface area contributed by atoms with E-state index in [1.165, 1.54) is 39.1 Å². The molecule has 102 valence electrons. The van der Waals surface area contributed by atoms with Gasteiger partial charge in [-0.1, -0.05) is 26.8 Å². The first-order chi connectivity index (χ1) is 8.17. The van der Waals surface area contributed by atoms with Crippen molar-refractivity contribution in [3.05, 3.63) is 30.1 Å². The molecular formula is C13H18F3NO. The van der Waals surface area contributed by atoms with Crippen LogP contribution in [0.2, 0.25) is 0 Å². The van der Waals surface area contributed by atoms with Crippen molar-refractivity contribution in [3.8, 4) is 0 Å². The molecule has 0 aliphatic carbocycles. The molecule has 0 bridgehead atoms. The molecule has 5 heteroatoms. The Kier molecular flexibility index (Phi) is 4.05. The highest BCUT2D eigenvalue weighted by Crippen LogP contribution is 2.52. The van der Waals surface area contributed by atoms with Gasteiger partial charge in [0.15, 0.2) is 0 Å². The smallest absolute Gasteiger partial charge is 0.359 e. The molecule has 0 fully saturated rings. The molecule has 0 amide bonds. The van der Waals surface area contributed by atoms with Crippen molar-refractivity contribution < 1.29 is 17.9 Å². The molecule has 0 saturated heterocycles. The summed E-state index contributed by atoms with van der Waals surface area (Å²) < 4.78 is 45.9. The zero-order chi connectivity index (χ0) is 14.0. The molecule has 1 atom stereocenters. The number of pyridine rings is 1. The van der Waals surface area contributed by atoms with Gasteiger partial charge in [-0.3, -0.25) is 4.98 Å². The van der Waals surface area contributed by atoms with Gasteiger partial charge in [-0.05, 0) is 19.1 Å². The minimum Gasteiger partial charge on any atom is -0.359 e. The maximum Gasteiger partial charge on any atom is 0.423 e. The highest BCUT2D eigenvalue weighted by Gasteiger charge is 2.64. The predicted octanol–water partition coefficient (Wildman–Crippen LogP) is 3.92. The zero-order valence-electron chi connectivity index (χ0n) is 11.0. The fourth-order valence-corrected chi connectivity index (χ4v) is 2.11. The maximum absolute atomic E-state index is 13.6. The van der Waals surface area contributed by atoms with E-state index in [9.17, 15) is 13.2 Å². The number of hydrogen-bond acceptors (Lipinski definition) is 2. The first kappa shape index (κ1) is 15.0. The van der Waals surface area contributed by atoms with Crippen molar-refractivity contribution in [3.63, 3.8) is 0 Å². The maximum atomic E-state index is 13.6. The van der Waals surface area contributed by atoms with E-state index in [2.05, 4.69) is 4.98 Å². The summed E-state index contributed by atoms with van der Waals surface area (Å²) in [5.41, 5.74) is -3.65. The number of rotatable bonds is 3. The lowest BCUT2D eigenvalue weighted by Gasteiger charge is -2.44. The van der Waals surface area contributed by atoms with E-state index >= 15 is 0 Å².